The standard InChI is InChI=1S/C13H10ClN5O/c14-8-2-1-3-9(6-8)16-11-4-5-19-13(17-11)10(7-20)12(15)18-19/h1-7H,(H2,15,18)(H,16,17). The lowest BCUT2D eigenvalue weighted by molar-refractivity contribution is 0.112. The van der Waals surface area contributed by atoms with E-state index in [0.717, 1.165) is 5.69 Å². The van der Waals surface area contributed by atoms with Crippen LogP contribution in [0.2, 0.25) is 5.02 Å². The van der Waals surface area contributed by atoms with Gasteiger partial charge in [-0.2, -0.15) is 0 Å². The van der Waals surface area contributed by atoms with Gasteiger partial charge in [-0.3, -0.25) is 4.79 Å². The molecule has 0 aliphatic rings. The molecular weight excluding hydrogens is 278 g/mol. The van der Waals surface area contributed by atoms with Crippen molar-refractivity contribution in [3.8, 4) is 0 Å². The maximum absolute atomic E-state index is 11.0. The Hall–Kier alpha value is -2.60. The molecule has 0 saturated carbocycles. The van der Waals surface area contributed by atoms with Crippen LogP contribution in [0, 0.1) is 0 Å². The fourth-order valence-electron chi connectivity index (χ4n) is 1.86. The quantitative estimate of drug-likeness (QED) is 0.723. The minimum Gasteiger partial charge on any atom is -0.382 e. The molecule has 3 N–H and O–H groups in total. The van der Waals surface area contributed by atoms with Gasteiger partial charge >= 0.3 is 0 Å². The van der Waals surface area contributed by atoms with Crippen molar-refractivity contribution in [1.82, 2.24) is 14.6 Å². The van der Waals surface area contributed by atoms with Gasteiger partial charge in [0.2, 0.25) is 0 Å². The van der Waals surface area contributed by atoms with E-state index in [1.165, 1.54) is 4.52 Å². The number of anilines is 3. The van der Waals surface area contributed by atoms with Crippen LogP contribution >= 0.6 is 11.6 Å². The number of nitrogens with one attached hydrogen (secondary N) is 1. The molecule has 0 atom stereocenters. The van der Waals surface area contributed by atoms with Gasteiger partial charge in [-0.05, 0) is 24.3 Å². The Morgan fingerprint density at radius 1 is 1.35 bits per heavy atom. The third-order valence-electron chi connectivity index (χ3n) is 2.76. The molecule has 3 rings (SSSR count). The molecule has 2 heterocycles. The lowest BCUT2D eigenvalue weighted by Gasteiger charge is -2.06. The smallest absolute Gasteiger partial charge is 0.170 e. The third-order valence-corrected chi connectivity index (χ3v) is 3.00. The molecule has 0 amide bonds. The Morgan fingerprint density at radius 2 is 2.20 bits per heavy atom. The zero-order valence-corrected chi connectivity index (χ0v) is 11.0. The number of hydrogen-bond donors (Lipinski definition) is 2. The zero-order chi connectivity index (χ0) is 14.1. The van der Waals surface area contributed by atoms with E-state index in [0.29, 0.717) is 22.8 Å². The SMILES string of the molecule is Nc1nn2ccc(Nc3cccc(Cl)c3)nc2c1C=O. The van der Waals surface area contributed by atoms with E-state index in [4.69, 9.17) is 17.3 Å². The minimum absolute atomic E-state index is 0.160. The summed E-state index contributed by atoms with van der Waals surface area (Å²) in [5.41, 5.74) is 7.13. The summed E-state index contributed by atoms with van der Waals surface area (Å²) in [5.74, 6) is 0.732. The van der Waals surface area contributed by atoms with Crippen molar-refractivity contribution in [1.29, 1.82) is 0 Å². The average molecular weight is 288 g/mol. The van der Waals surface area contributed by atoms with E-state index in [1.807, 2.05) is 12.1 Å². The molecule has 0 radical (unpaired) electrons. The van der Waals surface area contributed by atoms with Gasteiger partial charge in [-0.1, -0.05) is 17.7 Å². The fraction of sp³-hybridized carbons (Fsp3) is 0. The molecule has 100 valence electrons. The molecule has 1 aromatic carbocycles. The minimum atomic E-state index is 0.160. The van der Waals surface area contributed by atoms with Crippen molar-refractivity contribution in [3.05, 3.63) is 47.1 Å². The molecule has 0 spiro atoms. The lowest BCUT2D eigenvalue weighted by atomic mass is 10.3. The first-order valence-electron chi connectivity index (χ1n) is 5.80. The number of hydrogen-bond acceptors (Lipinski definition) is 5. The van der Waals surface area contributed by atoms with Gasteiger partial charge < -0.3 is 11.1 Å². The van der Waals surface area contributed by atoms with Gasteiger partial charge in [0.15, 0.2) is 17.8 Å². The Morgan fingerprint density at radius 3 is 2.95 bits per heavy atom. The number of nitrogen functional groups attached to an aromatic ring is 1. The van der Waals surface area contributed by atoms with E-state index < -0.39 is 0 Å². The lowest BCUT2D eigenvalue weighted by Crippen LogP contribution is -1.97. The van der Waals surface area contributed by atoms with Crippen LogP contribution in [0.1, 0.15) is 10.4 Å². The molecule has 0 aliphatic heterocycles. The van der Waals surface area contributed by atoms with Crippen molar-refractivity contribution in [2.75, 3.05) is 11.1 Å². The summed E-state index contributed by atoms with van der Waals surface area (Å²) in [5, 5.41) is 7.73. The zero-order valence-electron chi connectivity index (χ0n) is 10.2. The predicted octanol–water partition coefficient (Wildman–Crippen LogP) is 2.52. The van der Waals surface area contributed by atoms with E-state index in [1.54, 1.807) is 24.4 Å². The van der Waals surface area contributed by atoms with Gasteiger partial charge in [0.25, 0.3) is 0 Å². The topological polar surface area (TPSA) is 85.3 Å². The number of carbonyl (C=O) groups excluding carboxylic acids is 1. The van der Waals surface area contributed by atoms with E-state index in [2.05, 4.69) is 15.4 Å². The van der Waals surface area contributed by atoms with Crippen LogP contribution < -0.4 is 11.1 Å². The Labute approximate surface area is 119 Å². The number of fused-ring (bicyclic) bond motifs is 1. The van der Waals surface area contributed by atoms with E-state index >= 15 is 0 Å². The summed E-state index contributed by atoms with van der Waals surface area (Å²) in [7, 11) is 0. The fourth-order valence-corrected chi connectivity index (χ4v) is 2.05. The Balaban J connectivity index is 2.02. The first-order valence-corrected chi connectivity index (χ1v) is 6.18. The molecule has 3 aromatic rings. The molecule has 0 bridgehead atoms. The number of rotatable bonds is 3. The summed E-state index contributed by atoms with van der Waals surface area (Å²) in [6, 6.07) is 8.99. The van der Waals surface area contributed by atoms with Gasteiger partial charge in [0.1, 0.15) is 11.4 Å². The van der Waals surface area contributed by atoms with Crippen molar-refractivity contribution in [2.45, 2.75) is 0 Å². The van der Waals surface area contributed by atoms with E-state index in [9.17, 15) is 4.79 Å². The third kappa shape index (κ3) is 2.17. The summed E-state index contributed by atoms with van der Waals surface area (Å²) in [6.45, 7) is 0. The Kier molecular flexibility index (Phi) is 3.00. The van der Waals surface area contributed by atoms with Crippen molar-refractivity contribution < 1.29 is 4.79 Å². The highest BCUT2D eigenvalue weighted by atomic mass is 35.5. The van der Waals surface area contributed by atoms with Crippen molar-refractivity contribution in [3.63, 3.8) is 0 Å². The second kappa shape index (κ2) is 4.82. The number of halogens is 1. The molecule has 0 saturated heterocycles. The first-order chi connectivity index (χ1) is 9.67. The van der Waals surface area contributed by atoms with Gasteiger partial charge in [-0.15, -0.1) is 5.10 Å². The monoisotopic (exact) mass is 287 g/mol. The molecule has 2 aromatic heterocycles. The second-order valence-corrected chi connectivity index (χ2v) is 4.57. The predicted molar refractivity (Wildman–Crippen MR) is 77.5 cm³/mol. The highest BCUT2D eigenvalue weighted by molar-refractivity contribution is 6.30. The number of benzene rings is 1. The molecule has 0 fully saturated rings. The maximum atomic E-state index is 11.0. The average Bonchev–Trinajstić information content (AvgIpc) is 2.73. The van der Waals surface area contributed by atoms with Crippen LogP contribution in [0.5, 0.6) is 0 Å². The summed E-state index contributed by atoms with van der Waals surface area (Å²) in [4.78, 5) is 15.3. The van der Waals surface area contributed by atoms with Gasteiger partial charge in [0, 0.05) is 16.9 Å². The van der Waals surface area contributed by atoms with Crippen LogP contribution in [0.15, 0.2) is 36.5 Å². The largest absolute Gasteiger partial charge is 0.382 e. The summed E-state index contributed by atoms with van der Waals surface area (Å²) in [6.07, 6.45) is 2.33. The maximum Gasteiger partial charge on any atom is 0.170 e. The second-order valence-electron chi connectivity index (χ2n) is 4.13. The van der Waals surface area contributed by atoms with Crippen LogP contribution in [0.3, 0.4) is 0 Å². The number of nitrogens with zero attached hydrogens (tertiary/aromatic N) is 3. The summed E-state index contributed by atoms with van der Waals surface area (Å²) < 4.78 is 1.46. The molecule has 20 heavy (non-hydrogen) atoms. The number of nitrogens with two attached hydrogens (primary N) is 1. The van der Waals surface area contributed by atoms with Gasteiger partial charge in [0.05, 0.1) is 0 Å². The van der Waals surface area contributed by atoms with E-state index in [-0.39, 0.29) is 11.4 Å². The highest BCUT2D eigenvalue weighted by Crippen LogP contribution is 2.21. The number of aldehydes is 1. The van der Waals surface area contributed by atoms with Crippen molar-refractivity contribution in [2.24, 2.45) is 0 Å². The van der Waals surface area contributed by atoms with Crippen LogP contribution in [-0.4, -0.2) is 20.9 Å². The molecule has 7 heteroatoms. The number of carbonyl (C=O) groups is 1. The number of aromatic nitrogens is 3. The molecule has 6 nitrogen and oxygen atoms in total. The first kappa shape index (κ1) is 12.4. The normalized spacial score (nSPS) is 10.7. The molecule has 0 unspecified atom stereocenters. The highest BCUT2D eigenvalue weighted by Gasteiger charge is 2.11. The summed E-state index contributed by atoms with van der Waals surface area (Å²) >= 11 is 5.92. The molecular formula is C13H10ClN5O. The van der Waals surface area contributed by atoms with Crippen LogP contribution in [0.4, 0.5) is 17.3 Å². The van der Waals surface area contributed by atoms with Crippen LogP contribution in [-0.2, 0) is 0 Å². The Bertz CT molecular complexity index is 799. The molecule has 0 aliphatic carbocycles. The van der Waals surface area contributed by atoms with Gasteiger partial charge in [-0.25, -0.2) is 9.50 Å². The van der Waals surface area contributed by atoms with Crippen LogP contribution in [0.25, 0.3) is 5.65 Å². The van der Waals surface area contributed by atoms with Crippen molar-refractivity contribution >= 4 is 40.9 Å².